The Labute approximate surface area is 120 Å². The maximum absolute atomic E-state index is 13.1. The smallest absolute Gasteiger partial charge is 0.283 e. The maximum atomic E-state index is 13.1. The largest absolute Gasteiger partial charge is 0.506 e. The van der Waals surface area contributed by atoms with Crippen LogP contribution in [0.4, 0.5) is 10.1 Å². The molecule has 0 heterocycles. The Morgan fingerprint density at radius 2 is 2.00 bits per heavy atom. The van der Waals surface area contributed by atoms with Crippen LogP contribution >= 0.6 is 0 Å². The number of rotatable bonds is 3. The average Bonchev–Trinajstić information content (AvgIpc) is 2.37. The highest BCUT2D eigenvalue weighted by Gasteiger charge is 2.30. The van der Waals surface area contributed by atoms with Crippen molar-refractivity contribution in [3.63, 3.8) is 0 Å². The highest BCUT2D eigenvalue weighted by Crippen LogP contribution is 2.30. The fraction of sp³-hybridized carbons (Fsp3) is 0.286. The number of carbonyl (C=O) groups is 1. The zero-order chi connectivity index (χ0) is 16.4. The number of carbonyl (C=O) groups excluding carboxylic acids is 1. The minimum absolute atomic E-state index is 0.379. The van der Waals surface area contributed by atoms with Crippen molar-refractivity contribution in [3.8, 4) is 6.07 Å². The Balaban J connectivity index is 3.58. The first kappa shape index (κ1) is 16.3. The Morgan fingerprint density at radius 1 is 1.43 bits per heavy atom. The monoisotopic (exact) mass is 292 g/mol. The van der Waals surface area contributed by atoms with Gasteiger partial charge in [0.25, 0.3) is 5.69 Å². The predicted molar refractivity (Wildman–Crippen MR) is 72.7 cm³/mol. The van der Waals surface area contributed by atoms with Crippen molar-refractivity contribution in [2.24, 2.45) is 5.41 Å². The normalized spacial score (nSPS) is 12.3. The molecule has 0 aliphatic rings. The van der Waals surface area contributed by atoms with E-state index in [1.165, 1.54) is 0 Å². The summed E-state index contributed by atoms with van der Waals surface area (Å²) in [6, 6.07) is 4.02. The number of nitro groups is 1. The summed E-state index contributed by atoms with van der Waals surface area (Å²) in [5.41, 5.74) is -2.65. The molecule has 0 radical (unpaired) electrons. The van der Waals surface area contributed by atoms with Gasteiger partial charge in [-0.25, -0.2) is 4.39 Å². The molecule has 0 spiro atoms. The molecule has 1 N–H and O–H groups in total. The van der Waals surface area contributed by atoms with Gasteiger partial charge in [0.1, 0.15) is 17.5 Å². The van der Waals surface area contributed by atoms with Gasteiger partial charge in [-0.1, -0.05) is 20.8 Å². The van der Waals surface area contributed by atoms with Gasteiger partial charge in [-0.3, -0.25) is 14.9 Å². The average molecular weight is 292 g/mol. The third-order valence-corrected chi connectivity index (χ3v) is 2.67. The molecule has 0 bridgehead atoms. The van der Waals surface area contributed by atoms with Gasteiger partial charge in [0.15, 0.2) is 11.5 Å². The Bertz CT molecular complexity index is 681. The molecular weight excluding hydrogens is 279 g/mol. The molecular formula is C14H13FN2O4. The third kappa shape index (κ3) is 3.42. The lowest BCUT2D eigenvalue weighted by atomic mass is 9.85. The van der Waals surface area contributed by atoms with Crippen molar-refractivity contribution in [2.75, 3.05) is 0 Å². The second kappa shape index (κ2) is 5.71. The van der Waals surface area contributed by atoms with Crippen LogP contribution in [0.15, 0.2) is 23.8 Å². The van der Waals surface area contributed by atoms with Crippen molar-refractivity contribution in [1.82, 2.24) is 0 Å². The molecule has 21 heavy (non-hydrogen) atoms. The summed E-state index contributed by atoms with van der Waals surface area (Å²) < 4.78 is 13.1. The lowest BCUT2D eigenvalue weighted by Gasteiger charge is -2.16. The molecule has 1 aromatic carbocycles. The number of nitrogens with zero attached hydrogens (tertiary/aromatic N) is 2. The number of ketones is 1. The van der Waals surface area contributed by atoms with Gasteiger partial charge >= 0.3 is 0 Å². The fourth-order valence-corrected chi connectivity index (χ4v) is 1.58. The second-order valence-corrected chi connectivity index (χ2v) is 5.33. The first-order valence-electron chi connectivity index (χ1n) is 5.92. The zero-order valence-electron chi connectivity index (χ0n) is 11.7. The maximum Gasteiger partial charge on any atom is 0.283 e. The molecule has 0 unspecified atom stereocenters. The van der Waals surface area contributed by atoms with Crippen molar-refractivity contribution < 1.29 is 19.2 Å². The van der Waals surface area contributed by atoms with Gasteiger partial charge in [0, 0.05) is 5.41 Å². The number of hydrogen-bond donors (Lipinski definition) is 1. The Morgan fingerprint density at radius 3 is 2.43 bits per heavy atom. The molecule has 7 heteroatoms. The molecule has 1 rings (SSSR count). The van der Waals surface area contributed by atoms with Crippen LogP contribution in [0.5, 0.6) is 0 Å². The van der Waals surface area contributed by atoms with Gasteiger partial charge in [0.2, 0.25) is 0 Å². The number of Topliss-reactive ketones (excluding diaryl/α,β-unsaturated/α-hetero) is 1. The van der Waals surface area contributed by atoms with E-state index in [2.05, 4.69) is 0 Å². The number of benzene rings is 1. The Kier molecular flexibility index (Phi) is 4.43. The number of allylic oxidation sites excluding steroid dienone is 1. The van der Waals surface area contributed by atoms with Gasteiger partial charge in [-0.15, -0.1) is 0 Å². The molecule has 0 aromatic heterocycles. The molecule has 0 aliphatic heterocycles. The van der Waals surface area contributed by atoms with E-state index in [0.717, 1.165) is 12.1 Å². The van der Waals surface area contributed by atoms with Gasteiger partial charge in [0.05, 0.1) is 16.6 Å². The minimum Gasteiger partial charge on any atom is -0.506 e. The highest BCUT2D eigenvalue weighted by molar-refractivity contribution is 6.08. The summed E-state index contributed by atoms with van der Waals surface area (Å²) >= 11 is 0. The molecule has 1 aromatic rings. The van der Waals surface area contributed by atoms with E-state index >= 15 is 0 Å². The van der Waals surface area contributed by atoms with Gasteiger partial charge < -0.3 is 5.11 Å². The topological polar surface area (TPSA) is 104 Å². The lowest BCUT2D eigenvalue weighted by Crippen LogP contribution is -2.22. The van der Waals surface area contributed by atoms with Crippen LogP contribution in [-0.2, 0) is 4.79 Å². The first-order valence-corrected chi connectivity index (χ1v) is 5.92. The van der Waals surface area contributed by atoms with Crippen LogP contribution in [0.2, 0.25) is 0 Å². The van der Waals surface area contributed by atoms with Crippen molar-refractivity contribution in [3.05, 3.63) is 45.3 Å². The van der Waals surface area contributed by atoms with E-state index in [0.29, 0.717) is 6.07 Å². The van der Waals surface area contributed by atoms with Crippen LogP contribution in [-0.4, -0.2) is 15.8 Å². The summed E-state index contributed by atoms with van der Waals surface area (Å²) in [7, 11) is 0. The molecule has 0 saturated heterocycles. The quantitative estimate of drug-likeness (QED) is 0.303. The molecule has 0 atom stereocenters. The number of nitro benzene ring substituents is 1. The standard InChI is InChI=1S/C14H13FN2O4/c1-14(2,3)13(19)10(7-16)12(18)9-5-4-8(15)6-11(9)17(20)21/h4-6,18H,1-3H3/b12-10-. The summed E-state index contributed by atoms with van der Waals surface area (Å²) in [4.78, 5) is 22.1. The molecule has 6 nitrogen and oxygen atoms in total. The van der Waals surface area contributed by atoms with Crippen LogP contribution < -0.4 is 0 Å². The Hall–Kier alpha value is -2.75. The zero-order valence-corrected chi connectivity index (χ0v) is 11.7. The van der Waals surface area contributed by atoms with E-state index in [-0.39, 0.29) is 5.56 Å². The minimum atomic E-state index is -0.951. The van der Waals surface area contributed by atoms with Crippen molar-refractivity contribution in [2.45, 2.75) is 20.8 Å². The molecule has 0 saturated carbocycles. The molecule has 110 valence electrons. The number of halogens is 1. The number of aliphatic hydroxyl groups is 1. The fourth-order valence-electron chi connectivity index (χ4n) is 1.58. The van der Waals surface area contributed by atoms with E-state index in [4.69, 9.17) is 5.26 Å². The number of aliphatic hydroxyl groups excluding tert-OH is 1. The highest BCUT2D eigenvalue weighted by atomic mass is 19.1. The first-order chi connectivity index (χ1) is 9.59. The van der Waals surface area contributed by atoms with Crippen LogP contribution in [0.3, 0.4) is 0 Å². The summed E-state index contributed by atoms with van der Waals surface area (Å²) in [5.74, 6) is -2.36. The van der Waals surface area contributed by atoms with Gasteiger partial charge in [-0.05, 0) is 12.1 Å². The van der Waals surface area contributed by atoms with Crippen molar-refractivity contribution in [1.29, 1.82) is 5.26 Å². The van der Waals surface area contributed by atoms with Crippen LogP contribution in [0, 0.1) is 32.7 Å². The van der Waals surface area contributed by atoms with E-state index in [1.807, 2.05) is 0 Å². The van der Waals surface area contributed by atoms with Crippen LogP contribution in [0.1, 0.15) is 26.3 Å². The van der Waals surface area contributed by atoms with Gasteiger partial charge in [-0.2, -0.15) is 5.26 Å². The van der Waals surface area contributed by atoms with Crippen molar-refractivity contribution >= 4 is 17.2 Å². The molecule has 0 aliphatic carbocycles. The third-order valence-electron chi connectivity index (χ3n) is 2.67. The van der Waals surface area contributed by atoms with Crippen LogP contribution in [0.25, 0.3) is 5.76 Å². The van der Waals surface area contributed by atoms with E-state index in [9.17, 15) is 24.4 Å². The number of nitriles is 1. The second-order valence-electron chi connectivity index (χ2n) is 5.33. The molecule has 0 amide bonds. The van der Waals surface area contributed by atoms with E-state index in [1.54, 1.807) is 26.8 Å². The summed E-state index contributed by atoms with van der Waals surface area (Å²) in [5, 5.41) is 30.0. The lowest BCUT2D eigenvalue weighted by molar-refractivity contribution is -0.385. The number of hydrogen-bond acceptors (Lipinski definition) is 5. The summed E-state index contributed by atoms with van der Waals surface area (Å²) in [6.45, 7) is 4.62. The predicted octanol–water partition coefficient (Wildman–Crippen LogP) is 3.14. The molecule has 0 fully saturated rings. The summed E-state index contributed by atoms with van der Waals surface area (Å²) in [6.07, 6.45) is 0. The van der Waals surface area contributed by atoms with E-state index < -0.39 is 39.0 Å². The SMILES string of the molecule is CC(C)(C)C(=O)/C(C#N)=C(\O)c1ccc(F)cc1[N+](=O)[O-].